The summed E-state index contributed by atoms with van der Waals surface area (Å²) in [4.78, 5) is 23.0. The highest BCUT2D eigenvalue weighted by molar-refractivity contribution is 9.10. The summed E-state index contributed by atoms with van der Waals surface area (Å²) in [5.74, 6) is -0.846. The molecule has 4 nitrogen and oxygen atoms in total. The maximum Gasteiger partial charge on any atom is 0.257 e. The van der Waals surface area contributed by atoms with Crippen molar-refractivity contribution in [2.24, 2.45) is 5.73 Å². The van der Waals surface area contributed by atoms with Crippen LogP contribution in [0.25, 0.3) is 0 Å². The number of halogens is 2. The Morgan fingerprint density at radius 3 is 2.35 bits per heavy atom. The molecule has 0 saturated heterocycles. The molecular weight excluding hydrogens is 344 g/mol. The van der Waals surface area contributed by atoms with Crippen molar-refractivity contribution in [2.75, 3.05) is 5.32 Å². The molecule has 2 aromatic carbocycles. The molecule has 0 aromatic heterocycles. The summed E-state index contributed by atoms with van der Waals surface area (Å²) in [7, 11) is 0. The summed E-state index contributed by atoms with van der Waals surface area (Å²) in [6.45, 7) is 0. The van der Waals surface area contributed by atoms with Crippen molar-refractivity contribution in [3.05, 3.63) is 63.1 Å². The van der Waals surface area contributed by atoms with Gasteiger partial charge >= 0.3 is 0 Å². The van der Waals surface area contributed by atoms with Crippen LogP contribution in [0, 0.1) is 0 Å². The molecule has 0 spiro atoms. The van der Waals surface area contributed by atoms with E-state index in [0.29, 0.717) is 26.3 Å². The van der Waals surface area contributed by atoms with Crippen LogP contribution < -0.4 is 11.1 Å². The van der Waals surface area contributed by atoms with Crippen molar-refractivity contribution in [3.8, 4) is 0 Å². The first-order valence-corrected chi connectivity index (χ1v) is 6.81. The van der Waals surface area contributed by atoms with Gasteiger partial charge in [0.15, 0.2) is 0 Å². The van der Waals surface area contributed by atoms with Crippen LogP contribution in [0.2, 0.25) is 5.02 Å². The minimum absolute atomic E-state index is 0.330. The normalized spacial score (nSPS) is 10.1. The van der Waals surface area contributed by atoms with Gasteiger partial charge in [-0.25, -0.2) is 0 Å². The van der Waals surface area contributed by atoms with Gasteiger partial charge in [-0.2, -0.15) is 0 Å². The number of anilines is 1. The van der Waals surface area contributed by atoms with Crippen LogP contribution in [0.1, 0.15) is 20.7 Å². The number of hydrogen-bond acceptors (Lipinski definition) is 2. The largest absolute Gasteiger partial charge is 0.366 e. The Bertz CT molecular complexity index is 671. The zero-order chi connectivity index (χ0) is 14.7. The summed E-state index contributed by atoms with van der Waals surface area (Å²) < 4.78 is 0.649. The van der Waals surface area contributed by atoms with E-state index < -0.39 is 5.91 Å². The summed E-state index contributed by atoms with van der Waals surface area (Å²) >= 11 is 9.31. The van der Waals surface area contributed by atoms with E-state index in [-0.39, 0.29) is 5.91 Å². The third-order valence-corrected chi connectivity index (χ3v) is 3.92. The second-order valence-corrected chi connectivity index (χ2v) is 5.23. The second-order valence-electron chi connectivity index (χ2n) is 4.00. The minimum Gasteiger partial charge on any atom is -0.366 e. The molecule has 0 aliphatic heterocycles. The molecule has 2 amide bonds. The van der Waals surface area contributed by atoms with Crippen molar-refractivity contribution in [2.45, 2.75) is 0 Å². The monoisotopic (exact) mass is 352 g/mol. The Kier molecular flexibility index (Phi) is 4.42. The Morgan fingerprint density at radius 2 is 1.75 bits per heavy atom. The number of carbonyl (C=O) groups excluding carboxylic acids is 2. The maximum absolute atomic E-state index is 12.1. The van der Waals surface area contributed by atoms with Crippen LogP contribution >= 0.6 is 27.5 Å². The molecule has 3 N–H and O–H groups in total. The van der Waals surface area contributed by atoms with Crippen LogP contribution in [0.15, 0.2) is 46.9 Å². The molecule has 2 aromatic rings. The van der Waals surface area contributed by atoms with E-state index in [0.717, 1.165) is 0 Å². The fourth-order valence-corrected chi connectivity index (χ4v) is 2.17. The summed E-state index contributed by atoms with van der Waals surface area (Å²) in [6.07, 6.45) is 0. The van der Waals surface area contributed by atoms with Gasteiger partial charge in [0, 0.05) is 15.7 Å². The lowest BCUT2D eigenvalue weighted by atomic mass is 10.1. The predicted molar refractivity (Wildman–Crippen MR) is 82.1 cm³/mol. The number of nitrogens with one attached hydrogen (secondary N) is 1. The maximum atomic E-state index is 12.1. The third-order valence-electron chi connectivity index (χ3n) is 2.62. The van der Waals surface area contributed by atoms with E-state index >= 15 is 0 Å². The van der Waals surface area contributed by atoms with E-state index in [1.165, 1.54) is 0 Å². The molecular formula is C14H10BrClN2O2. The fraction of sp³-hybridized carbons (Fsp3) is 0. The first-order valence-electron chi connectivity index (χ1n) is 5.64. The van der Waals surface area contributed by atoms with Crippen molar-refractivity contribution < 1.29 is 9.59 Å². The van der Waals surface area contributed by atoms with Gasteiger partial charge in [-0.3, -0.25) is 9.59 Å². The van der Waals surface area contributed by atoms with Gasteiger partial charge in [-0.15, -0.1) is 0 Å². The Morgan fingerprint density at radius 1 is 1.10 bits per heavy atom. The third kappa shape index (κ3) is 3.18. The molecule has 0 heterocycles. The Labute approximate surface area is 129 Å². The number of amides is 2. The summed E-state index contributed by atoms with van der Waals surface area (Å²) in [5, 5.41) is 3.04. The van der Waals surface area contributed by atoms with Crippen molar-refractivity contribution in [1.82, 2.24) is 0 Å². The van der Waals surface area contributed by atoms with Crippen LogP contribution in [0.3, 0.4) is 0 Å². The molecule has 0 aliphatic carbocycles. The summed E-state index contributed by atoms with van der Waals surface area (Å²) in [6, 6.07) is 11.4. The standard InChI is InChI=1S/C14H10BrClN2O2/c15-11-3-1-2-10(12(11)16)14(20)18-9-6-4-8(5-7-9)13(17)19/h1-7H,(H2,17,19)(H,18,20). The number of benzene rings is 2. The minimum atomic E-state index is -0.516. The number of hydrogen-bond donors (Lipinski definition) is 2. The SMILES string of the molecule is NC(=O)c1ccc(NC(=O)c2cccc(Br)c2Cl)cc1. The van der Waals surface area contributed by atoms with E-state index in [4.69, 9.17) is 17.3 Å². The number of nitrogens with two attached hydrogens (primary N) is 1. The lowest BCUT2D eigenvalue weighted by Gasteiger charge is -2.08. The topological polar surface area (TPSA) is 72.2 Å². The highest BCUT2D eigenvalue weighted by atomic mass is 79.9. The van der Waals surface area contributed by atoms with Gasteiger partial charge in [0.05, 0.1) is 10.6 Å². The number of rotatable bonds is 3. The van der Waals surface area contributed by atoms with E-state index in [2.05, 4.69) is 21.2 Å². The lowest BCUT2D eigenvalue weighted by Crippen LogP contribution is -2.13. The van der Waals surface area contributed by atoms with Gasteiger partial charge in [-0.1, -0.05) is 17.7 Å². The number of carbonyl (C=O) groups is 2. The first-order chi connectivity index (χ1) is 9.49. The summed E-state index contributed by atoms with van der Waals surface area (Å²) in [5.41, 5.74) is 6.43. The zero-order valence-electron chi connectivity index (χ0n) is 10.2. The van der Waals surface area contributed by atoms with Gasteiger partial charge in [0.1, 0.15) is 0 Å². The quantitative estimate of drug-likeness (QED) is 0.887. The molecule has 102 valence electrons. The molecule has 2 rings (SSSR count). The fourth-order valence-electron chi connectivity index (χ4n) is 1.60. The molecule has 0 radical (unpaired) electrons. The van der Waals surface area contributed by atoms with Gasteiger partial charge < -0.3 is 11.1 Å². The average molecular weight is 354 g/mol. The lowest BCUT2D eigenvalue weighted by molar-refractivity contribution is 0.0998. The van der Waals surface area contributed by atoms with Gasteiger partial charge in [0.2, 0.25) is 5.91 Å². The molecule has 0 aliphatic rings. The van der Waals surface area contributed by atoms with Crippen molar-refractivity contribution >= 4 is 45.0 Å². The molecule has 0 bridgehead atoms. The Hall–Kier alpha value is -1.85. The van der Waals surface area contributed by atoms with E-state index in [1.807, 2.05) is 0 Å². The van der Waals surface area contributed by atoms with Crippen molar-refractivity contribution in [3.63, 3.8) is 0 Å². The van der Waals surface area contributed by atoms with E-state index in [1.54, 1.807) is 42.5 Å². The van der Waals surface area contributed by atoms with Crippen LogP contribution in [-0.4, -0.2) is 11.8 Å². The average Bonchev–Trinajstić information content (AvgIpc) is 2.42. The van der Waals surface area contributed by atoms with E-state index in [9.17, 15) is 9.59 Å². The first kappa shape index (κ1) is 14.6. The molecule has 0 saturated carbocycles. The van der Waals surface area contributed by atoms with Gasteiger partial charge in [0.25, 0.3) is 5.91 Å². The zero-order valence-corrected chi connectivity index (χ0v) is 12.5. The molecule has 0 unspecified atom stereocenters. The molecule has 0 fully saturated rings. The van der Waals surface area contributed by atoms with Crippen LogP contribution in [-0.2, 0) is 0 Å². The highest BCUT2D eigenvalue weighted by Gasteiger charge is 2.12. The van der Waals surface area contributed by atoms with Crippen LogP contribution in [0.4, 0.5) is 5.69 Å². The van der Waals surface area contributed by atoms with Crippen molar-refractivity contribution in [1.29, 1.82) is 0 Å². The highest BCUT2D eigenvalue weighted by Crippen LogP contribution is 2.26. The van der Waals surface area contributed by atoms with Gasteiger partial charge in [-0.05, 0) is 52.3 Å². The smallest absolute Gasteiger partial charge is 0.257 e. The molecule has 0 atom stereocenters. The number of primary amides is 1. The van der Waals surface area contributed by atoms with Crippen LogP contribution in [0.5, 0.6) is 0 Å². The molecule has 20 heavy (non-hydrogen) atoms. The second kappa shape index (κ2) is 6.07. The molecule has 6 heteroatoms. The Balaban J connectivity index is 2.19. The predicted octanol–water partition coefficient (Wildman–Crippen LogP) is 3.45.